The predicted molar refractivity (Wildman–Crippen MR) is 71.0 cm³/mol. The van der Waals surface area contributed by atoms with Crippen LogP contribution in [-0.4, -0.2) is 35.6 Å². The van der Waals surface area contributed by atoms with Crippen LogP contribution in [0.5, 0.6) is 0 Å². The van der Waals surface area contributed by atoms with Gasteiger partial charge in [-0.15, -0.1) is 0 Å². The first-order chi connectivity index (χ1) is 8.60. The van der Waals surface area contributed by atoms with Gasteiger partial charge in [-0.05, 0) is 37.0 Å². The first-order valence-corrected chi connectivity index (χ1v) is 6.16. The molecule has 2 rings (SSSR count). The molecule has 1 aromatic rings. The Labute approximate surface area is 106 Å². The second kappa shape index (κ2) is 5.27. The van der Waals surface area contributed by atoms with Crippen LogP contribution in [0.2, 0.25) is 0 Å². The largest absolute Gasteiger partial charge is 0.399 e. The van der Waals surface area contributed by atoms with Crippen molar-refractivity contribution in [2.24, 2.45) is 5.92 Å². The Kier molecular flexibility index (Phi) is 3.72. The molecule has 5 nitrogen and oxygen atoms in total. The Balaban J connectivity index is 2.08. The molecule has 1 aliphatic rings. The maximum absolute atomic E-state index is 12.3. The molecule has 0 radical (unpaired) electrons. The summed E-state index contributed by atoms with van der Waals surface area (Å²) in [5.41, 5.74) is 12.9. The molecule has 0 saturated carbocycles. The normalized spacial score (nSPS) is 19.2. The van der Waals surface area contributed by atoms with Crippen molar-refractivity contribution in [1.82, 2.24) is 4.90 Å². The lowest BCUT2D eigenvalue weighted by atomic mass is 10.1. The molecule has 18 heavy (non-hydrogen) atoms. The van der Waals surface area contributed by atoms with Crippen LogP contribution in [0.15, 0.2) is 18.2 Å². The standard InChI is InChI=1S/C13H19N3O2/c14-11-5-10(6-12(15)7-11)13(18)16-3-1-9(8-16)2-4-17/h5-7,9,17H,1-4,8,14-15H2. The van der Waals surface area contributed by atoms with E-state index in [2.05, 4.69) is 0 Å². The summed E-state index contributed by atoms with van der Waals surface area (Å²) in [6.07, 6.45) is 1.70. The molecule has 5 N–H and O–H groups in total. The average molecular weight is 249 g/mol. The van der Waals surface area contributed by atoms with Gasteiger partial charge in [-0.1, -0.05) is 0 Å². The van der Waals surface area contributed by atoms with Crippen LogP contribution in [0.4, 0.5) is 11.4 Å². The van der Waals surface area contributed by atoms with Gasteiger partial charge in [0.25, 0.3) is 5.91 Å². The molecule has 98 valence electrons. The maximum Gasteiger partial charge on any atom is 0.254 e. The van der Waals surface area contributed by atoms with Crippen molar-refractivity contribution < 1.29 is 9.90 Å². The average Bonchev–Trinajstić information content (AvgIpc) is 2.76. The lowest BCUT2D eigenvalue weighted by Crippen LogP contribution is -2.29. The number of aliphatic hydroxyl groups is 1. The number of rotatable bonds is 3. The van der Waals surface area contributed by atoms with Crippen molar-refractivity contribution in [1.29, 1.82) is 0 Å². The Hall–Kier alpha value is -1.75. The molecule has 1 aromatic carbocycles. The minimum Gasteiger partial charge on any atom is -0.399 e. The molecular weight excluding hydrogens is 230 g/mol. The highest BCUT2D eigenvalue weighted by molar-refractivity contribution is 5.96. The Morgan fingerprint density at radius 1 is 1.33 bits per heavy atom. The van der Waals surface area contributed by atoms with Gasteiger partial charge >= 0.3 is 0 Å². The molecule has 0 spiro atoms. The number of hydrogen-bond donors (Lipinski definition) is 3. The van der Waals surface area contributed by atoms with E-state index in [1.54, 1.807) is 23.1 Å². The van der Waals surface area contributed by atoms with E-state index in [0.29, 0.717) is 29.4 Å². The summed E-state index contributed by atoms with van der Waals surface area (Å²) in [7, 11) is 0. The number of nitrogens with two attached hydrogens (primary N) is 2. The third-order valence-corrected chi connectivity index (χ3v) is 3.34. The van der Waals surface area contributed by atoms with E-state index in [0.717, 1.165) is 19.4 Å². The zero-order valence-corrected chi connectivity index (χ0v) is 10.3. The van der Waals surface area contributed by atoms with Gasteiger partial charge in [0.2, 0.25) is 0 Å². The number of aliphatic hydroxyl groups excluding tert-OH is 1. The fourth-order valence-electron chi connectivity index (χ4n) is 2.42. The summed E-state index contributed by atoms with van der Waals surface area (Å²) in [5.74, 6) is 0.367. The Morgan fingerprint density at radius 3 is 2.61 bits per heavy atom. The quantitative estimate of drug-likeness (QED) is 0.687. The zero-order chi connectivity index (χ0) is 13.1. The van der Waals surface area contributed by atoms with E-state index < -0.39 is 0 Å². The number of hydrogen-bond acceptors (Lipinski definition) is 4. The Bertz CT molecular complexity index is 428. The molecule has 5 heteroatoms. The summed E-state index contributed by atoms with van der Waals surface area (Å²) < 4.78 is 0. The predicted octanol–water partition coefficient (Wildman–Crippen LogP) is 0.695. The van der Waals surface area contributed by atoms with Crippen LogP contribution in [-0.2, 0) is 0 Å². The van der Waals surface area contributed by atoms with Crippen LogP contribution >= 0.6 is 0 Å². The lowest BCUT2D eigenvalue weighted by Gasteiger charge is -2.17. The van der Waals surface area contributed by atoms with Crippen molar-refractivity contribution in [2.45, 2.75) is 12.8 Å². The molecule has 1 heterocycles. The fraction of sp³-hybridized carbons (Fsp3) is 0.462. The minimum atomic E-state index is -0.0329. The van der Waals surface area contributed by atoms with E-state index in [-0.39, 0.29) is 12.5 Å². The number of nitrogens with zero attached hydrogens (tertiary/aromatic N) is 1. The van der Waals surface area contributed by atoms with Gasteiger partial charge in [0, 0.05) is 36.6 Å². The van der Waals surface area contributed by atoms with Crippen LogP contribution in [0.1, 0.15) is 23.2 Å². The zero-order valence-electron chi connectivity index (χ0n) is 10.3. The number of nitrogen functional groups attached to an aromatic ring is 2. The third kappa shape index (κ3) is 2.73. The smallest absolute Gasteiger partial charge is 0.254 e. The summed E-state index contributed by atoms with van der Waals surface area (Å²) in [5, 5.41) is 8.90. The van der Waals surface area contributed by atoms with E-state index in [4.69, 9.17) is 16.6 Å². The molecule has 1 saturated heterocycles. The number of benzene rings is 1. The van der Waals surface area contributed by atoms with E-state index in [9.17, 15) is 4.79 Å². The molecule has 1 atom stereocenters. The number of carbonyl (C=O) groups is 1. The van der Waals surface area contributed by atoms with Crippen LogP contribution < -0.4 is 11.5 Å². The Morgan fingerprint density at radius 2 is 2.00 bits per heavy atom. The number of anilines is 2. The van der Waals surface area contributed by atoms with Gasteiger partial charge in [-0.25, -0.2) is 0 Å². The summed E-state index contributed by atoms with van der Waals surface area (Å²) in [6, 6.07) is 4.94. The molecule has 1 unspecified atom stereocenters. The number of carbonyl (C=O) groups excluding carboxylic acids is 1. The van der Waals surface area contributed by atoms with Gasteiger partial charge in [0.1, 0.15) is 0 Å². The van der Waals surface area contributed by atoms with Crippen molar-refractivity contribution in [3.05, 3.63) is 23.8 Å². The molecule has 1 amide bonds. The van der Waals surface area contributed by atoms with Crippen LogP contribution in [0, 0.1) is 5.92 Å². The monoisotopic (exact) mass is 249 g/mol. The van der Waals surface area contributed by atoms with E-state index >= 15 is 0 Å². The third-order valence-electron chi connectivity index (χ3n) is 3.34. The van der Waals surface area contributed by atoms with E-state index in [1.165, 1.54) is 0 Å². The lowest BCUT2D eigenvalue weighted by molar-refractivity contribution is 0.0785. The summed E-state index contributed by atoms with van der Waals surface area (Å²) in [4.78, 5) is 14.1. The van der Waals surface area contributed by atoms with E-state index in [1.807, 2.05) is 0 Å². The topological polar surface area (TPSA) is 92.6 Å². The van der Waals surface area contributed by atoms with Gasteiger partial charge in [0.05, 0.1) is 0 Å². The molecule has 0 aromatic heterocycles. The maximum atomic E-state index is 12.3. The fourth-order valence-corrected chi connectivity index (χ4v) is 2.42. The van der Waals surface area contributed by atoms with Crippen molar-refractivity contribution in [3.8, 4) is 0 Å². The van der Waals surface area contributed by atoms with Crippen molar-refractivity contribution >= 4 is 17.3 Å². The van der Waals surface area contributed by atoms with Crippen molar-refractivity contribution in [2.75, 3.05) is 31.2 Å². The molecule has 1 fully saturated rings. The SMILES string of the molecule is Nc1cc(N)cc(C(=O)N2CCC(CCO)C2)c1. The molecular formula is C13H19N3O2. The summed E-state index contributed by atoms with van der Waals surface area (Å²) >= 11 is 0. The number of likely N-dealkylation sites (tertiary alicyclic amines) is 1. The second-order valence-electron chi connectivity index (χ2n) is 4.81. The highest BCUT2D eigenvalue weighted by Gasteiger charge is 2.26. The highest BCUT2D eigenvalue weighted by Crippen LogP contribution is 2.22. The van der Waals surface area contributed by atoms with Gasteiger partial charge in [0.15, 0.2) is 0 Å². The first-order valence-electron chi connectivity index (χ1n) is 6.16. The summed E-state index contributed by atoms with van der Waals surface area (Å²) in [6.45, 7) is 1.62. The van der Waals surface area contributed by atoms with Gasteiger partial charge in [-0.2, -0.15) is 0 Å². The number of amides is 1. The first kappa shape index (κ1) is 12.7. The van der Waals surface area contributed by atoms with Crippen LogP contribution in [0.3, 0.4) is 0 Å². The molecule has 1 aliphatic heterocycles. The van der Waals surface area contributed by atoms with Crippen LogP contribution in [0.25, 0.3) is 0 Å². The van der Waals surface area contributed by atoms with Crippen molar-refractivity contribution in [3.63, 3.8) is 0 Å². The molecule has 0 aliphatic carbocycles. The van der Waals surface area contributed by atoms with Gasteiger partial charge < -0.3 is 21.5 Å². The minimum absolute atomic E-state index is 0.0329. The second-order valence-corrected chi connectivity index (χ2v) is 4.81. The molecule has 0 bridgehead atoms. The highest BCUT2D eigenvalue weighted by atomic mass is 16.3. The van der Waals surface area contributed by atoms with Gasteiger partial charge in [-0.3, -0.25) is 4.79 Å².